The molecule has 0 aromatic heterocycles. The van der Waals surface area contributed by atoms with Crippen LogP contribution >= 0.6 is 0 Å². The molecule has 0 amide bonds. The number of carbonyl (C=O) groups excluding carboxylic acids is 1. The smallest absolute Gasteiger partial charge is 0.344 e. The highest BCUT2D eigenvalue weighted by molar-refractivity contribution is 6.03. The molecule has 0 saturated heterocycles. The Bertz CT molecular complexity index is 717. The highest BCUT2D eigenvalue weighted by atomic mass is 16.5. The summed E-state index contributed by atoms with van der Waals surface area (Å²) in [6.07, 6.45) is 0. The van der Waals surface area contributed by atoms with Crippen LogP contribution in [0.1, 0.15) is 37.4 Å². The Kier molecular flexibility index (Phi) is 4.08. The lowest BCUT2D eigenvalue weighted by atomic mass is 10.0. The van der Waals surface area contributed by atoms with E-state index in [-0.39, 0.29) is 11.1 Å². The van der Waals surface area contributed by atoms with E-state index in [0.717, 1.165) is 16.7 Å². The topological polar surface area (TPSA) is 63.6 Å². The highest BCUT2D eigenvalue weighted by Gasteiger charge is 2.19. The van der Waals surface area contributed by atoms with Crippen LogP contribution in [0, 0.1) is 20.8 Å². The van der Waals surface area contributed by atoms with Gasteiger partial charge in [-0.25, -0.2) is 9.59 Å². The van der Waals surface area contributed by atoms with Gasteiger partial charge < -0.3 is 9.84 Å². The number of rotatable bonds is 3. The maximum absolute atomic E-state index is 12.2. The van der Waals surface area contributed by atoms with Gasteiger partial charge >= 0.3 is 11.9 Å². The van der Waals surface area contributed by atoms with Gasteiger partial charge in [0.05, 0.1) is 11.1 Å². The summed E-state index contributed by atoms with van der Waals surface area (Å²) >= 11 is 0. The summed E-state index contributed by atoms with van der Waals surface area (Å²) in [7, 11) is 0. The first-order chi connectivity index (χ1) is 9.90. The Labute approximate surface area is 123 Å². The summed E-state index contributed by atoms with van der Waals surface area (Å²) in [4.78, 5) is 23.5. The van der Waals surface area contributed by atoms with Gasteiger partial charge in [-0.05, 0) is 50.1 Å². The van der Waals surface area contributed by atoms with Crippen molar-refractivity contribution in [1.82, 2.24) is 0 Å². The molecule has 1 N–H and O–H groups in total. The van der Waals surface area contributed by atoms with Gasteiger partial charge in [-0.2, -0.15) is 0 Å². The van der Waals surface area contributed by atoms with Gasteiger partial charge in [0.25, 0.3) is 0 Å². The quantitative estimate of drug-likeness (QED) is 0.691. The Morgan fingerprint density at radius 3 is 2.38 bits per heavy atom. The van der Waals surface area contributed by atoms with Crippen LogP contribution in [0.25, 0.3) is 0 Å². The summed E-state index contributed by atoms with van der Waals surface area (Å²) in [6, 6.07) is 10.0. The molecule has 0 aliphatic heterocycles. The number of ether oxygens (including phenoxy) is 1. The first kappa shape index (κ1) is 14.8. The predicted octanol–water partition coefficient (Wildman–Crippen LogP) is 3.53. The normalized spacial score (nSPS) is 10.2. The predicted molar refractivity (Wildman–Crippen MR) is 79.0 cm³/mol. The van der Waals surface area contributed by atoms with Crippen molar-refractivity contribution < 1.29 is 19.4 Å². The SMILES string of the molecule is Cc1ccc(C(=O)Oc2cccc(C)c2C)c(C(=O)O)c1. The third-order valence-electron chi connectivity index (χ3n) is 3.38. The van der Waals surface area contributed by atoms with Crippen molar-refractivity contribution in [2.24, 2.45) is 0 Å². The number of carboxylic acid groups (broad SMARTS) is 1. The molecule has 0 fully saturated rings. The number of aromatic carboxylic acids is 1. The third-order valence-corrected chi connectivity index (χ3v) is 3.38. The van der Waals surface area contributed by atoms with E-state index in [1.165, 1.54) is 12.1 Å². The van der Waals surface area contributed by atoms with E-state index < -0.39 is 11.9 Å². The van der Waals surface area contributed by atoms with Crippen LogP contribution in [-0.2, 0) is 0 Å². The van der Waals surface area contributed by atoms with E-state index in [1.54, 1.807) is 25.1 Å². The zero-order valence-corrected chi connectivity index (χ0v) is 12.1. The molecule has 2 rings (SSSR count). The zero-order valence-electron chi connectivity index (χ0n) is 12.1. The maximum Gasteiger partial charge on any atom is 0.344 e. The molecule has 0 aliphatic carbocycles. The van der Waals surface area contributed by atoms with Crippen LogP contribution in [0.4, 0.5) is 0 Å². The molecular weight excluding hydrogens is 268 g/mol. The number of hydrogen-bond acceptors (Lipinski definition) is 3. The second kappa shape index (κ2) is 5.79. The minimum Gasteiger partial charge on any atom is -0.478 e. The second-order valence-electron chi connectivity index (χ2n) is 4.94. The molecule has 21 heavy (non-hydrogen) atoms. The van der Waals surface area contributed by atoms with E-state index in [4.69, 9.17) is 4.74 Å². The molecular formula is C17H16O4. The fraction of sp³-hybridized carbons (Fsp3) is 0.176. The second-order valence-corrected chi connectivity index (χ2v) is 4.94. The van der Waals surface area contributed by atoms with Crippen LogP contribution in [0.5, 0.6) is 5.75 Å². The number of hydrogen-bond donors (Lipinski definition) is 1. The van der Waals surface area contributed by atoms with Crippen LogP contribution in [-0.4, -0.2) is 17.0 Å². The van der Waals surface area contributed by atoms with Crippen molar-refractivity contribution in [2.45, 2.75) is 20.8 Å². The molecule has 2 aromatic carbocycles. The molecule has 0 atom stereocenters. The highest BCUT2D eigenvalue weighted by Crippen LogP contribution is 2.22. The molecule has 108 valence electrons. The molecule has 0 aliphatic rings. The summed E-state index contributed by atoms with van der Waals surface area (Å²) in [6.45, 7) is 5.54. The third kappa shape index (κ3) is 3.11. The lowest BCUT2D eigenvalue weighted by Gasteiger charge is -2.11. The van der Waals surface area contributed by atoms with Crippen LogP contribution in [0.3, 0.4) is 0 Å². The maximum atomic E-state index is 12.2. The van der Waals surface area contributed by atoms with E-state index in [9.17, 15) is 14.7 Å². The Morgan fingerprint density at radius 2 is 1.71 bits per heavy atom. The fourth-order valence-electron chi connectivity index (χ4n) is 2.00. The van der Waals surface area contributed by atoms with Gasteiger partial charge in [-0.1, -0.05) is 23.8 Å². The van der Waals surface area contributed by atoms with Crippen molar-refractivity contribution in [3.8, 4) is 5.75 Å². The minimum atomic E-state index is -1.15. The lowest BCUT2D eigenvalue weighted by molar-refractivity contribution is 0.0667. The minimum absolute atomic E-state index is 0.0500. The van der Waals surface area contributed by atoms with Crippen molar-refractivity contribution in [3.63, 3.8) is 0 Å². The summed E-state index contributed by atoms with van der Waals surface area (Å²) in [5.41, 5.74) is 2.63. The lowest BCUT2D eigenvalue weighted by Crippen LogP contribution is -2.15. The molecule has 2 aromatic rings. The Balaban J connectivity index is 2.37. The largest absolute Gasteiger partial charge is 0.478 e. The number of esters is 1. The van der Waals surface area contributed by atoms with Gasteiger partial charge in [-0.3, -0.25) is 0 Å². The molecule has 0 saturated carbocycles. The van der Waals surface area contributed by atoms with Gasteiger partial charge in [0.15, 0.2) is 0 Å². The van der Waals surface area contributed by atoms with Gasteiger partial charge in [0.2, 0.25) is 0 Å². The molecule has 0 spiro atoms. The summed E-state index contributed by atoms with van der Waals surface area (Å²) < 4.78 is 5.34. The van der Waals surface area contributed by atoms with Crippen molar-refractivity contribution in [1.29, 1.82) is 0 Å². The Hall–Kier alpha value is -2.62. The number of aryl methyl sites for hydroxylation is 2. The number of carboxylic acids is 1. The standard InChI is InChI=1S/C17H16O4/c1-10-7-8-13(14(9-10)16(18)19)17(20)21-15-6-4-5-11(2)12(15)3/h4-9H,1-3H3,(H,18,19). The average Bonchev–Trinajstić information content (AvgIpc) is 2.43. The average molecular weight is 284 g/mol. The van der Waals surface area contributed by atoms with E-state index in [0.29, 0.717) is 5.75 Å². The van der Waals surface area contributed by atoms with E-state index in [1.807, 2.05) is 19.9 Å². The zero-order chi connectivity index (χ0) is 15.6. The van der Waals surface area contributed by atoms with Gasteiger partial charge in [-0.15, -0.1) is 0 Å². The van der Waals surface area contributed by atoms with Gasteiger partial charge in [0.1, 0.15) is 5.75 Å². The molecule has 0 unspecified atom stereocenters. The molecule has 0 heterocycles. The summed E-state index contributed by atoms with van der Waals surface area (Å²) in [5.74, 6) is -1.37. The van der Waals surface area contributed by atoms with E-state index >= 15 is 0 Å². The van der Waals surface area contributed by atoms with Crippen LogP contribution in [0.15, 0.2) is 36.4 Å². The summed E-state index contributed by atoms with van der Waals surface area (Å²) in [5, 5.41) is 9.20. The van der Waals surface area contributed by atoms with Crippen molar-refractivity contribution >= 4 is 11.9 Å². The van der Waals surface area contributed by atoms with Crippen molar-refractivity contribution in [2.75, 3.05) is 0 Å². The number of carbonyl (C=O) groups is 2. The van der Waals surface area contributed by atoms with Crippen molar-refractivity contribution in [3.05, 3.63) is 64.2 Å². The first-order valence-electron chi connectivity index (χ1n) is 6.52. The number of benzene rings is 2. The molecule has 4 heteroatoms. The molecule has 0 radical (unpaired) electrons. The monoisotopic (exact) mass is 284 g/mol. The first-order valence-corrected chi connectivity index (χ1v) is 6.52. The van der Waals surface area contributed by atoms with Crippen LogP contribution in [0.2, 0.25) is 0 Å². The molecule has 4 nitrogen and oxygen atoms in total. The van der Waals surface area contributed by atoms with Gasteiger partial charge in [0, 0.05) is 0 Å². The molecule has 0 bridgehead atoms. The van der Waals surface area contributed by atoms with E-state index in [2.05, 4.69) is 0 Å². The fourth-order valence-corrected chi connectivity index (χ4v) is 2.00. The van der Waals surface area contributed by atoms with Crippen LogP contribution < -0.4 is 4.74 Å². The Morgan fingerprint density at radius 1 is 1.00 bits per heavy atom.